The zero-order valence-corrected chi connectivity index (χ0v) is 19.2. The Kier molecular flexibility index (Phi) is 5.48. The summed E-state index contributed by atoms with van der Waals surface area (Å²) in [6, 6.07) is 18.4. The molecule has 174 valence electrons. The molecule has 1 aliphatic heterocycles. The van der Waals surface area contributed by atoms with Gasteiger partial charge in [0.15, 0.2) is 5.82 Å². The minimum atomic E-state index is 0.662. The lowest BCUT2D eigenvalue weighted by atomic mass is 10.1. The van der Waals surface area contributed by atoms with Crippen molar-refractivity contribution in [3.63, 3.8) is 0 Å². The SMILES string of the molecule is C=C(c1cc2ccc(-c3nccc(Nc4ccc(-c5cn[nH]c5)cc4)n3)cc2[nH]1)N1CCOCC1. The van der Waals surface area contributed by atoms with Gasteiger partial charge >= 0.3 is 0 Å². The predicted molar refractivity (Wildman–Crippen MR) is 138 cm³/mol. The Balaban J connectivity index is 1.21. The minimum absolute atomic E-state index is 0.662. The van der Waals surface area contributed by atoms with Crippen LogP contribution in [0.3, 0.4) is 0 Å². The van der Waals surface area contributed by atoms with E-state index in [2.05, 4.69) is 73.4 Å². The van der Waals surface area contributed by atoms with E-state index < -0.39 is 0 Å². The highest BCUT2D eigenvalue weighted by Crippen LogP contribution is 2.27. The maximum atomic E-state index is 5.46. The van der Waals surface area contributed by atoms with Crippen molar-refractivity contribution in [2.75, 3.05) is 31.6 Å². The summed E-state index contributed by atoms with van der Waals surface area (Å²) in [6.45, 7) is 7.49. The molecule has 1 saturated heterocycles. The number of anilines is 2. The van der Waals surface area contributed by atoms with E-state index >= 15 is 0 Å². The van der Waals surface area contributed by atoms with Crippen LogP contribution in [0.4, 0.5) is 11.5 Å². The van der Waals surface area contributed by atoms with Crippen molar-refractivity contribution in [1.29, 1.82) is 0 Å². The molecule has 1 fully saturated rings. The van der Waals surface area contributed by atoms with Gasteiger partial charge in [-0.2, -0.15) is 5.10 Å². The molecule has 5 aromatic rings. The van der Waals surface area contributed by atoms with Crippen molar-refractivity contribution in [2.45, 2.75) is 0 Å². The van der Waals surface area contributed by atoms with Gasteiger partial charge < -0.3 is 19.9 Å². The highest BCUT2D eigenvalue weighted by molar-refractivity contribution is 5.87. The smallest absolute Gasteiger partial charge is 0.161 e. The number of morpholine rings is 1. The molecule has 6 rings (SSSR count). The molecular formula is C27H25N7O. The van der Waals surface area contributed by atoms with Crippen molar-refractivity contribution in [1.82, 2.24) is 30.0 Å². The van der Waals surface area contributed by atoms with Crippen LogP contribution in [-0.2, 0) is 4.74 Å². The fraction of sp³-hybridized carbons (Fsp3) is 0.148. The number of fused-ring (bicyclic) bond motifs is 1. The monoisotopic (exact) mass is 463 g/mol. The Bertz CT molecular complexity index is 1470. The molecule has 8 nitrogen and oxygen atoms in total. The second-order valence-electron chi connectivity index (χ2n) is 8.49. The molecule has 3 N–H and O–H groups in total. The van der Waals surface area contributed by atoms with Crippen LogP contribution in [0, 0.1) is 0 Å². The average molecular weight is 464 g/mol. The number of rotatable bonds is 6. The number of aromatic nitrogens is 5. The maximum Gasteiger partial charge on any atom is 0.161 e. The van der Waals surface area contributed by atoms with Crippen LogP contribution in [0.15, 0.2) is 79.8 Å². The zero-order valence-electron chi connectivity index (χ0n) is 19.2. The van der Waals surface area contributed by atoms with Crippen LogP contribution in [0.2, 0.25) is 0 Å². The van der Waals surface area contributed by atoms with Gasteiger partial charge in [0.2, 0.25) is 0 Å². The predicted octanol–water partition coefficient (Wildman–Crippen LogP) is 5.06. The molecule has 2 aromatic carbocycles. The number of nitrogens with zero attached hydrogens (tertiary/aromatic N) is 4. The summed E-state index contributed by atoms with van der Waals surface area (Å²) in [5.41, 5.74) is 7.10. The third-order valence-corrected chi connectivity index (χ3v) is 6.23. The normalized spacial score (nSPS) is 13.8. The van der Waals surface area contributed by atoms with Gasteiger partial charge in [0.1, 0.15) is 5.82 Å². The van der Waals surface area contributed by atoms with Gasteiger partial charge in [0.05, 0.1) is 30.8 Å². The lowest BCUT2D eigenvalue weighted by molar-refractivity contribution is 0.0640. The summed E-state index contributed by atoms with van der Waals surface area (Å²) in [7, 11) is 0. The van der Waals surface area contributed by atoms with Gasteiger partial charge in [0.25, 0.3) is 0 Å². The Morgan fingerprint density at radius 3 is 2.60 bits per heavy atom. The average Bonchev–Trinajstić information content (AvgIpc) is 3.59. The van der Waals surface area contributed by atoms with Crippen molar-refractivity contribution >= 4 is 28.1 Å². The van der Waals surface area contributed by atoms with E-state index in [1.54, 1.807) is 6.20 Å². The van der Waals surface area contributed by atoms with E-state index in [0.717, 1.165) is 76.8 Å². The Hall–Kier alpha value is -4.43. The Labute approximate surface area is 202 Å². The molecular weight excluding hydrogens is 438 g/mol. The topological polar surface area (TPSA) is 94.8 Å². The number of nitrogens with one attached hydrogen (secondary N) is 3. The van der Waals surface area contributed by atoms with E-state index in [-0.39, 0.29) is 0 Å². The first-order valence-electron chi connectivity index (χ1n) is 11.6. The highest BCUT2D eigenvalue weighted by atomic mass is 16.5. The third kappa shape index (κ3) is 4.39. The Morgan fingerprint density at radius 2 is 1.80 bits per heavy atom. The molecule has 0 aliphatic carbocycles. The summed E-state index contributed by atoms with van der Waals surface area (Å²) < 4.78 is 5.46. The number of hydrogen-bond acceptors (Lipinski definition) is 6. The molecule has 0 bridgehead atoms. The van der Waals surface area contributed by atoms with E-state index in [0.29, 0.717) is 5.82 Å². The van der Waals surface area contributed by atoms with Crippen molar-refractivity contribution in [3.8, 4) is 22.5 Å². The first-order chi connectivity index (χ1) is 17.2. The zero-order chi connectivity index (χ0) is 23.6. The molecule has 0 saturated carbocycles. The van der Waals surface area contributed by atoms with E-state index in [4.69, 9.17) is 9.72 Å². The number of hydrogen-bond donors (Lipinski definition) is 3. The van der Waals surface area contributed by atoms with Crippen LogP contribution < -0.4 is 5.32 Å². The lowest BCUT2D eigenvalue weighted by Gasteiger charge is -2.29. The second kappa shape index (κ2) is 9.08. The van der Waals surface area contributed by atoms with Gasteiger partial charge in [0, 0.05) is 53.2 Å². The van der Waals surface area contributed by atoms with Crippen LogP contribution in [0.1, 0.15) is 5.69 Å². The molecule has 4 heterocycles. The maximum absolute atomic E-state index is 5.46. The van der Waals surface area contributed by atoms with Crippen molar-refractivity contribution < 1.29 is 4.74 Å². The molecule has 0 amide bonds. The molecule has 0 atom stereocenters. The summed E-state index contributed by atoms with van der Waals surface area (Å²) in [5.74, 6) is 1.40. The molecule has 35 heavy (non-hydrogen) atoms. The number of aromatic amines is 2. The fourth-order valence-electron chi connectivity index (χ4n) is 4.30. The van der Waals surface area contributed by atoms with Crippen molar-refractivity contribution in [3.05, 3.63) is 85.5 Å². The quantitative estimate of drug-likeness (QED) is 0.326. The van der Waals surface area contributed by atoms with Gasteiger partial charge in [-0.05, 0) is 35.9 Å². The minimum Gasteiger partial charge on any atom is -0.378 e. The highest BCUT2D eigenvalue weighted by Gasteiger charge is 2.15. The van der Waals surface area contributed by atoms with Gasteiger partial charge in [-0.3, -0.25) is 5.10 Å². The first-order valence-corrected chi connectivity index (χ1v) is 11.6. The summed E-state index contributed by atoms with van der Waals surface area (Å²) in [6.07, 6.45) is 5.46. The molecule has 8 heteroatoms. The third-order valence-electron chi connectivity index (χ3n) is 6.23. The Morgan fingerprint density at radius 1 is 0.971 bits per heavy atom. The van der Waals surface area contributed by atoms with Gasteiger partial charge in [-0.25, -0.2) is 9.97 Å². The first kappa shape index (κ1) is 21.1. The lowest BCUT2D eigenvalue weighted by Crippen LogP contribution is -2.34. The van der Waals surface area contributed by atoms with Crippen LogP contribution in [0.25, 0.3) is 39.1 Å². The largest absolute Gasteiger partial charge is 0.378 e. The molecule has 0 unspecified atom stereocenters. The summed E-state index contributed by atoms with van der Waals surface area (Å²) in [4.78, 5) is 15.0. The number of ether oxygens (including phenoxy) is 1. The molecule has 3 aromatic heterocycles. The van der Waals surface area contributed by atoms with E-state index in [1.165, 1.54) is 0 Å². The number of H-pyrrole nitrogens is 2. The van der Waals surface area contributed by atoms with E-state index in [1.807, 2.05) is 30.6 Å². The van der Waals surface area contributed by atoms with Gasteiger partial charge in [-0.1, -0.05) is 30.8 Å². The molecule has 0 radical (unpaired) electrons. The van der Waals surface area contributed by atoms with Crippen LogP contribution in [-0.4, -0.2) is 56.4 Å². The number of benzene rings is 2. The fourth-order valence-corrected chi connectivity index (χ4v) is 4.30. The van der Waals surface area contributed by atoms with Crippen LogP contribution >= 0.6 is 0 Å². The van der Waals surface area contributed by atoms with E-state index in [9.17, 15) is 0 Å². The van der Waals surface area contributed by atoms with Gasteiger partial charge in [-0.15, -0.1) is 0 Å². The van der Waals surface area contributed by atoms with Crippen LogP contribution in [0.5, 0.6) is 0 Å². The standard InChI is InChI=1S/C27H25N7O/c1-18(34-10-12-35-13-11-34)24-14-20-2-3-21(15-25(20)32-24)27-28-9-8-26(33-27)31-23-6-4-19(5-7-23)22-16-29-30-17-22/h2-9,14-17,32H,1,10-13H2,(H,29,30)(H,28,31,33). The second-order valence-corrected chi connectivity index (χ2v) is 8.49. The molecule has 1 aliphatic rings. The summed E-state index contributed by atoms with van der Waals surface area (Å²) >= 11 is 0. The van der Waals surface area contributed by atoms with Crippen molar-refractivity contribution in [2.24, 2.45) is 0 Å². The molecule has 0 spiro atoms. The summed E-state index contributed by atoms with van der Waals surface area (Å²) in [5, 5.41) is 11.3.